The molecular formula is C27H31N3O2. The predicted octanol–water partition coefficient (Wildman–Crippen LogP) is 5.06. The molecule has 2 N–H and O–H groups in total. The van der Waals surface area contributed by atoms with Crippen molar-refractivity contribution in [2.75, 3.05) is 18.9 Å². The van der Waals surface area contributed by atoms with Gasteiger partial charge in [-0.25, -0.2) is 0 Å². The Kier molecular flexibility index (Phi) is 6.02. The van der Waals surface area contributed by atoms with E-state index in [1.54, 1.807) is 6.07 Å². The highest BCUT2D eigenvalue weighted by Gasteiger charge is 2.40. The number of hydrogen-bond donors (Lipinski definition) is 2. The second-order valence-corrected chi connectivity index (χ2v) is 9.05. The second-order valence-electron chi connectivity index (χ2n) is 9.05. The lowest BCUT2D eigenvalue weighted by Crippen LogP contribution is -2.48. The van der Waals surface area contributed by atoms with Crippen molar-refractivity contribution in [3.63, 3.8) is 0 Å². The number of rotatable bonds is 5. The van der Waals surface area contributed by atoms with Crippen molar-refractivity contribution in [3.05, 3.63) is 77.4 Å². The summed E-state index contributed by atoms with van der Waals surface area (Å²) in [5.41, 5.74) is 2.64. The number of hydrogen-bond acceptors (Lipinski definition) is 3. The van der Waals surface area contributed by atoms with E-state index in [0.29, 0.717) is 11.3 Å². The van der Waals surface area contributed by atoms with Crippen LogP contribution in [0, 0.1) is 6.92 Å². The Bertz CT molecular complexity index is 1170. The molecule has 32 heavy (non-hydrogen) atoms. The first kappa shape index (κ1) is 22.0. The Hall–Kier alpha value is -3.18. The fourth-order valence-corrected chi connectivity index (χ4v) is 4.58. The number of fused-ring (bicyclic) bond motifs is 1. The molecule has 1 aliphatic heterocycles. The van der Waals surface area contributed by atoms with Crippen molar-refractivity contribution in [3.8, 4) is 0 Å². The van der Waals surface area contributed by atoms with Gasteiger partial charge in [-0.15, -0.1) is 0 Å². The van der Waals surface area contributed by atoms with E-state index in [9.17, 15) is 9.59 Å². The fraction of sp³-hybridized carbons (Fsp3) is 0.333. The van der Waals surface area contributed by atoms with Crippen LogP contribution in [0.2, 0.25) is 0 Å². The zero-order valence-corrected chi connectivity index (χ0v) is 19.2. The molecule has 2 atom stereocenters. The van der Waals surface area contributed by atoms with Crippen LogP contribution in [0.5, 0.6) is 0 Å². The van der Waals surface area contributed by atoms with E-state index in [1.165, 1.54) is 0 Å². The number of likely N-dealkylation sites (N-methyl/N-ethyl adjacent to an activating group) is 1. The van der Waals surface area contributed by atoms with E-state index in [4.69, 9.17) is 0 Å². The number of anilines is 1. The van der Waals surface area contributed by atoms with Crippen LogP contribution in [0.25, 0.3) is 10.8 Å². The maximum Gasteiger partial charge on any atom is 0.252 e. The van der Waals surface area contributed by atoms with Crippen molar-refractivity contribution in [1.29, 1.82) is 0 Å². The van der Waals surface area contributed by atoms with Gasteiger partial charge < -0.3 is 10.6 Å². The number of nitrogens with one attached hydrogen (secondary N) is 2. The van der Waals surface area contributed by atoms with Crippen LogP contribution in [-0.4, -0.2) is 35.8 Å². The molecule has 0 spiro atoms. The minimum Gasteiger partial charge on any atom is -0.345 e. The molecule has 4 rings (SSSR count). The molecule has 1 saturated heterocycles. The first-order valence-electron chi connectivity index (χ1n) is 11.2. The molecule has 5 heteroatoms. The molecule has 0 unspecified atom stereocenters. The minimum atomic E-state index is -0.518. The lowest BCUT2D eigenvalue weighted by atomic mass is 9.97. The molecule has 0 radical (unpaired) electrons. The van der Waals surface area contributed by atoms with Crippen LogP contribution >= 0.6 is 0 Å². The molecule has 3 aromatic carbocycles. The summed E-state index contributed by atoms with van der Waals surface area (Å²) in [4.78, 5) is 28.2. The molecular weight excluding hydrogens is 398 g/mol. The van der Waals surface area contributed by atoms with Gasteiger partial charge in [0.15, 0.2) is 0 Å². The molecule has 1 aliphatic rings. The monoisotopic (exact) mass is 429 g/mol. The van der Waals surface area contributed by atoms with Gasteiger partial charge in [0, 0.05) is 11.3 Å². The summed E-state index contributed by atoms with van der Waals surface area (Å²) >= 11 is 0. The van der Waals surface area contributed by atoms with Crippen LogP contribution in [-0.2, 0) is 4.79 Å². The maximum atomic E-state index is 13.2. The highest BCUT2D eigenvalue weighted by molar-refractivity contribution is 6.01. The highest BCUT2D eigenvalue weighted by atomic mass is 16.2. The molecule has 2 amide bonds. The van der Waals surface area contributed by atoms with Gasteiger partial charge in [0.1, 0.15) is 0 Å². The number of benzene rings is 3. The Morgan fingerprint density at radius 1 is 1.06 bits per heavy atom. The van der Waals surface area contributed by atoms with Gasteiger partial charge in [0.05, 0.1) is 11.6 Å². The van der Waals surface area contributed by atoms with Gasteiger partial charge in [-0.1, -0.05) is 48.5 Å². The quantitative estimate of drug-likeness (QED) is 0.596. The molecule has 0 bridgehead atoms. The number of carbonyl (C=O) groups is 2. The topological polar surface area (TPSA) is 61.4 Å². The van der Waals surface area contributed by atoms with Crippen LogP contribution in [0.15, 0.2) is 60.7 Å². The van der Waals surface area contributed by atoms with E-state index in [-0.39, 0.29) is 17.9 Å². The van der Waals surface area contributed by atoms with Crippen molar-refractivity contribution in [2.45, 2.75) is 45.2 Å². The summed E-state index contributed by atoms with van der Waals surface area (Å²) in [6, 6.07) is 19.7. The third kappa shape index (κ3) is 4.13. The number of nitrogens with zero attached hydrogens (tertiary/aromatic N) is 1. The summed E-state index contributed by atoms with van der Waals surface area (Å²) in [6.07, 6.45) is 1.84. The Morgan fingerprint density at radius 3 is 2.56 bits per heavy atom. The number of likely N-dealkylation sites (tertiary alicyclic amines) is 1. The summed E-state index contributed by atoms with van der Waals surface area (Å²) in [7, 11) is 1.98. The highest BCUT2D eigenvalue weighted by Crippen LogP contribution is 2.29. The van der Waals surface area contributed by atoms with Gasteiger partial charge in [-0.05, 0) is 81.2 Å². The SMILES string of the molecule is Cc1ccc(NC(=O)[C@]2(C)CCCN2C)cc1C(=O)N[C@H](C)c1cccc2ccccc12. The molecule has 1 heterocycles. The third-order valence-corrected chi connectivity index (χ3v) is 6.87. The van der Waals surface area contributed by atoms with Gasteiger partial charge in [0.25, 0.3) is 5.91 Å². The number of aryl methyl sites for hydroxylation is 1. The minimum absolute atomic E-state index is 0.0307. The van der Waals surface area contributed by atoms with Crippen molar-refractivity contribution >= 4 is 28.3 Å². The molecule has 1 fully saturated rings. The van der Waals surface area contributed by atoms with Gasteiger partial charge in [0.2, 0.25) is 5.91 Å². The van der Waals surface area contributed by atoms with Gasteiger partial charge >= 0.3 is 0 Å². The van der Waals surface area contributed by atoms with E-state index in [0.717, 1.165) is 41.3 Å². The maximum absolute atomic E-state index is 13.2. The van der Waals surface area contributed by atoms with Crippen molar-refractivity contribution in [2.24, 2.45) is 0 Å². The predicted molar refractivity (Wildman–Crippen MR) is 130 cm³/mol. The standard InChI is InChI=1S/C27H31N3O2/c1-18-13-14-21(29-26(32)27(3)15-8-16-30(27)4)17-24(18)25(31)28-19(2)22-12-7-10-20-9-5-6-11-23(20)22/h5-7,9-14,17,19H,8,15-16H2,1-4H3,(H,28,31)(H,29,32)/t19-,27+/m1/s1. The number of carbonyl (C=O) groups excluding carboxylic acids is 2. The molecule has 0 aliphatic carbocycles. The third-order valence-electron chi connectivity index (χ3n) is 6.87. The number of amides is 2. The van der Waals surface area contributed by atoms with E-state index >= 15 is 0 Å². The van der Waals surface area contributed by atoms with Gasteiger partial charge in [-0.3, -0.25) is 14.5 Å². The first-order chi connectivity index (χ1) is 15.3. The average Bonchev–Trinajstić information content (AvgIpc) is 3.13. The van der Waals surface area contributed by atoms with E-state index in [2.05, 4.69) is 39.8 Å². The van der Waals surface area contributed by atoms with Crippen molar-refractivity contribution < 1.29 is 9.59 Å². The summed E-state index contributed by atoms with van der Waals surface area (Å²) in [6.45, 7) is 6.80. The molecule has 0 aromatic heterocycles. The normalized spacial score (nSPS) is 19.6. The smallest absolute Gasteiger partial charge is 0.252 e. The van der Waals surface area contributed by atoms with E-state index in [1.807, 2.05) is 58.2 Å². The average molecular weight is 430 g/mol. The zero-order valence-electron chi connectivity index (χ0n) is 19.2. The van der Waals surface area contributed by atoms with Crippen LogP contribution in [0.3, 0.4) is 0 Å². The summed E-state index contributed by atoms with van der Waals surface area (Å²) < 4.78 is 0. The Labute approximate surface area is 189 Å². The zero-order chi connectivity index (χ0) is 22.9. The lowest BCUT2D eigenvalue weighted by molar-refractivity contribution is -0.124. The first-order valence-corrected chi connectivity index (χ1v) is 11.2. The van der Waals surface area contributed by atoms with Crippen LogP contribution in [0.1, 0.15) is 54.2 Å². The van der Waals surface area contributed by atoms with Gasteiger partial charge in [-0.2, -0.15) is 0 Å². The molecule has 5 nitrogen and oxygen atoms in total. The van der Waals surface area contributed by atoms with Crippen LogP contribution < -0.4 is 10.6 Å². The summed E-state index contributed by atoms with van der Waals surface area (Å²) in [5, 5.41) is 8.45. The lowest BCUT2D eigenvalue weighted by Gasteiger charge is -2.30. The molecule has 3 aromatic rings. The Balaban J connectivity index is 1.53. The van der Waals surface area contributed by atoms with Crippen molar-refractivity contribution in [1.82, 2.24) is 10.2 Å². The molecule has 0 saturated carbocycles. The second kappa shape index (κ2) is 8.75. The largest absolute Gasteiger partial charge is 0.345 e. The fourth-order valence-electron chi connectivity index (χ4n) is 4.58. The van der Waals surface area contributed by atoms with E-state index < -0.39 is 5.54 Å². The molecule has 166 valence electrons. The summed E-state index contributed by atoms with van der Waals surface area (Å²) in [5.74, 6) is -0.180. The van der Waals surface area contributed by atoms with Crippen LogP contribution in [0.4, 0.5) is 5.69 Å². The Morgan fingerprint density at radius 2 is 1.81 bits per heavy atom.